The van der Waals surface area contributed by atoms with Crippen molar-refractivity contribution in [1.29, 1.82) is 0 Å². The minimum Gasteiger partial charge on any atom is -0.493 e. The number of likely N-dealkylation sites (N-methyl/N-ethyl adjacent to an activating group) is 1. The van der Waals surface area contributed by atoms with Crippen molar-refractivity contribution in [2.45, 2.75) is 32.7 Å². The molecule has 26 heavy (non-hydrogen) atoms. The zero-order chi connectivity index (χ0) is 18.1. The third-order valence-electron chi connectivity index (χ3n) is 5.03. The maximum absolute atomic E-state index is 12.7. The molecule has 4 heteroatoms. The molecule has 0 N–H and O–H groups in total. The first-order valence-corrected chi connectivity index (χ1v) is 9.13. The van der Waals surface area contributed by atoms with Gasteiger partial charge in [0.1, 0.15) is 17.1 Å². The Balaban J connectivity index is 1.51. The highest BCUT2D eigenvalue weighted by molar-refractivity contribution is 5.84. The molecule has 0 saturated carbocycles. The van der Waals surface area contributed by atoms with Gasteiger partial charge in [0.15, 0.2) is 0 Å². The molecular weight excluding hydrogens is 326 g/mol. The van der Waals surface area contributed by atoms with Gasteiger partial charge in [-0.25, -0.2) is 0 Å². The maximum Gasteiger partial charge on any atom is 0.227 e. The lowest BCUT2D eigenvalue weighted by molar-refractivity contribution is -0.129. The summed E-state index contributed by atoms with van der Waals surface area (Å²) in [6.45, 7) is 3.38. The summed E-state index contributed by atoms with van der Waals surface area (Å²) in [5.41, 5.74) is 4.24. The number of furan rings is 1. The zero-order valence-electron chi connectivity index (χ0n) is 15.2. The minimum absolute atomic E-state index is 0.108. The Labute approximate surface area is 153 Å². The van der Waals surface area contributed by atoms with Crippen LogP contribution in [0.15, 0.2) is 46.9 Å². The number of hydrogen-bond donors (Lipinski definition) is 0. The monoisotopic (exact) mass is 349 g/mol. The first-order valence-electron chi connectivity index (χ1n) is 9.13. The van der Waals surface area contributed by atoms with Crippen LogP contribution in [0.2, 0.25) is 0 Å². The lowest BCUT2D eigenvalue weighted by Gasteiger charge is -2.18. The molecule has 0 fully saturated rings. The molecule has 0 bridgehead atoms. The van der Waals surface area contributed by atoms with Crippen LogP contribution in [0.5, 0.6) is 5.75 Å². The van der Waals surface area contributed by atoms with E-state index < -0.39 is 0 Å². The van der Waals surface area contributed by atoms with Crippen LogP contribution in [0.1, 0.15) is 29.4 Å². The number of ether oxygens (including phenoxy) is 1. The van der Waals surface area contributed by atoms with E-state index in [1.807, 2.05) is 37.4 Å². The van der Waals surface area contributed by atoms with Gasteiger partial charge in [-0.15, -0.1) is 0 Å². The largest absolute Gasteiger partial charge is 0.493 e. The second-order valence-electron chi connectivity index (χ2n) is 6.82. The first kappa shape index (κ1) is 16.7. The van der Waals surface area contributed by atoms with E-state index in [2.05, 4.69) is 19.1 Å². The summed E-state index contributed by atoms with van der Waals surface area (Å²) in [4.78, 5) is 14.5. The normalized spacial score (nSPS) is 12.8. The molecule has 0 unspecified atom stereocenters. The highest BCUT2D eigenvalue weighted by atomic mass is 16.5. The zero-order valence-corrected chi connectivity index (χ0v) is 15.2. The average molecular weight is 349 g/mol. The van der Waals surface area contributed by atoms with E-state index >= 15 is 0 Å². The number of rotatable bonds is 5. The topological polar surface area (TPSA) is 42.7 Å². The number of benzene rings is 2. The van der Waals surface area contributed by atoms with Crippen molar-refractivity contribution >= 4 is 16.9 Å². The van der Waals surface area contributed by atoms with Crippen molar-refractivity contribution in [2.75, 3.05) is 13.7 Å². The van der Waals surface area contributed by atoms with Crippen molar-refractivity contribution < 1.29 is 13.9 Å². The van der Waals surface area contributed by atoms with Crippen LogP contribution in [-0.2, 0) is 30.6 Å². The Morgan fingerprint density at radius 3 is 2.88 bits per heavy atom. The molecule has 0 saturated heterocycles. The third kappa shape index (κ3) is 3.07. The van der Waals surface area contributed by atoms with Gasteiger partial charge in [0.2, 0.25) is 5.91 Å². The van der Waals surface area contributed by atoms with Gasteiger partial charge in [-0.1, -0.05) is 37.3 Å². The standard InChI is InChI=1S/C22H23NO3/c1-3-19-18(17-6-4-5-7-21(17)26-19)14-23(2)22(24)13-15-8-9-20-16(12-15)10-11-25-20/h4-9,12H,3,10-11,13-14H2,1-2H3. The van der Waals surface area contributed by atoms with Gasteiger partial charge in [0.05, 0.1) is 13.0 Å². The van der Waals surface area contributed by atoms with Crippen LogP contribution in [0, 0.1) is 0 Å². The summed E-state index contributed by atoms with van der Waals surface area (Å²) in [5.74, 6) is 2.02. The molecular formula is C22H23NO3. The Morgan fingerprint density at radius 2 is 2.04 bits per heavy atom. The van der Waals surface area contributed by atoms with Gasteiger partial charge in [-0.05, 0) is 23.3 Å². The predicted octanol–water partition coefficient (Wildman–Crippen LogP) is 4.13. The van der Waals surface area contributed by atoms with E-state index in [0.29, 0.717) is 13.0 Å². The van der Waals surface area contributed by atoms with Crippen LogP contribution >= 0.6 is 0 Å². The lowest BCUT2D eigenvalue weighted by Crippen LogP contribution is -2.28. The molecule has 4 nitrogen and oxygen atoms in total. The lowest BCUT2D eigenvalue weighted by atomic mass is 10.1. The Bertz CT molecular complexity index is 957. The van der Waals surface area contributed by atoms with E-state index in [9.17, 15) is 4.79 Å². The molecule has 0 spiro atoms. The smallest absolute Gasteiger partial charge is 0.227 e. The minimum atomic E-state index is 0.108. The number of aryl methyl sites for hydroxylation is 1. The summed E-state index contributed by atoms with van der Waals surface area (Å²) in [5, 5.41) is 1.10. The molecule has 134 valence electrons. The number of fused-ring (bicyclic) bond motifs is 2. The number of carbonyl (C=O) groups excluding carboxylic acids is 1. The number of hydrogen-bond acceptors (Lipinski definition) is 3. The van der Waals surface area contributed by atoms with Crippen LogP contribution in [0.4, 0.5) is 0 Å². The summed E-state index contributed by atoms with van der Waals surface area (Å²) < 4.78 is 11.5. The molecule has 0 aliphatic carbocycles. The second-order valence-corrected chi connectivity index (χ2v) is 6.82. The highest BCUT2D eigenvalue weighted by Gasteiger charge is 2.18. The van der Waals surface area contributed by atoms with Crippen molar-refractivity contribution in [2.24, 2.45) is 0 Å². The van der Waals surface area contributed by atoms with Gasteiger partial charge in [0.25, 0.3) is 0 Å². The molecule has 1 aliphatic heterocycles. The maximum atomic E-state index is 12.7. The fraction of sp³-hybridized carbons (Fsp3) is 0.318. The molecule has 2 heterocycles. The van der Waals surface area contributed by atoms with Crippen LogP contribution < -0.4 is 4.74 Å². The summed E-state index contributed by atoms with van der Waals surface area (Å²) in [6.07, 6.45) is 2.14. The van der Waals surface area contributed by atoms with E-state index in [-0.39, 0.29) is 5.91 Å². The van der Waals surface area contributed by atoms with Crippen molar-refractivity contribution in [3.8, 4) is 5.75 Å². The third-order valence-corrected chi connectivity index (χ3v) is 5.03. The summed E-state index contributed by atoms with van der Waals surface area (Å²) in [6, 6.07) is 14.1. The number of carbonyl (C=O) groups is 1. The van der Waals surface area contributed by atoms with E-state index in [4.69, 9.17) is 9.15 Å². The number of amides is 1. The number of para-hydroxylation sites is 1. The fourth-order valence-electron chi connectivity index (χ4n) is 3.59. The molecule has 4 rings (SSSR count). The first-order chi connectivity index (χ1) is 12.7. The molecule has 0 radical (unpaired) electrons. The molecule has 2 aromatic carbocycles. The molecule has 1 aromatic heterocycles. The van der Waals surface area contributed by atoms with Gasteiger partial charge in [0, 0.05) is 37.4 Å². The summed E-state index contributed by atoms with van der Waals surface area (Å²) >= 11 is 0. The second kappa shape index (κ2) is 6.87. The van der Waals surface area contributed by atoms with Crippen LogP contribution in [-0.4, -0.2) is 24.5 Å². The van der Waals surface area contributed by atoms with E-state index in [0.717, 1.165) is 53.1 Å². The fourth-order valence-corrected chi connectivity index (χ4v) is 3.59. The Hall–Kier alpha value is -2.75. The van der Waals surface area contributed by atoms with Crippen LogP contribution in [0.25, 0.3) is 11.0 Å². The quantitative estimate of drug-likeness (QED) is 0.695. The summed E-state index contributed by atoms with van der Waals surface area (Å²) in [7, 11) is 1.86. The SMILES string of the molecule is CCc1oc2ccccc2c1CN(C)C(=O)Cc1ccc2c(c1)CCO2. The van der Waals surface area contributed by atoms with Gasteiger partial charge < -0.3 is 14.1 Å². The van der Waals surface area contributed by atoms with Gasteiger partial charge >= 0.3 is 0 Å². The van der Waals surface area contributed by atoms with Crippen molar-refractivity contribution in [3.63, 3.8) is 0 Å². The molecule has 1 amide bonds. The van der Waals surface area contributed by atoms with Gasteiger partial charge in [-0.3, -0.25) is 4.79 Å². The molecule has 0 atom stereocenters. The molecule has 1 aliphatic rings. The van der Waals surface area contributed by atoms with E-state index in [1.165, 1.54) is 5.56 Å². The van der Waals surface area contributed by atoms with Crippen LogP contribution in [0.3, 0.4) is 0 Å². The Morgan fingerprint density at radius 1 is 1.19 bits per heavy atom. The van der Waals surface area contributed by atoms with Crippen molar-refractivity contribution in [1.82, 2.24) is 4.90 Å². The highest BCUT2D eigenvalue weighted by Crippen LogP contribution is 2.28. The van der Waals surface area contributed by atoms with Crippen molar-refractivity contribution in [3.05, 3.63) is 64.9 Å². The molecule has 3 aromatic rings. The Kier molecular flexibility index (Phi) is 4.41. The average Bonchev–Trinajstić information content (AvgIpc) is 3.25. The van der Waals surface area contributed by atoms with E-state index in [1.54, 1.807) is 4.90 Å². The number of nitrogens with zero attached hydrogens (tertiary/aromatic N) is 1. The van der Waals surface area contributed by atoms with Gasteiger partial charge in [-0.2, -0.15) is 0 Å². The predicted molar refractivity (Wildman–Crippen MR) is 101 cm³/mol.